The molecule has 0 saturated heterocycles. The van der Waals surface area contributed by atoms with Gasteiger partial charge in [-0.1, -0.05) is 30.3 Å². The number of carbonyl (C=O) groups is 1. The number of rotatable bonds is 6. The highest BCUT2D eigenvalue weighted by molar-refractivity contribution is 5.82. The Hall–Kier alpha value is -2.55. The van der Waals surface area contributed by atoms with Gasteiger partial charge in [-0.05, 0) is 54.7 Å². The molecule has 0 atom stereocenters. The maximum absolute atomic E-state index is 11.1. The minimum atomic E-state index is 0.0511. The maximum Gasteiger partial charge on any atom is 0.146 e. The lowest BCUT2D eigenvalue weighted by Crippen LogP contribution is -1.90. The van der Waals surface area contributed by atoms with Crippen LogP contribution in [0.2, 0.25) is 0 Å². The number of phenols is 2. The van der Waals surface area contributed by atoms with Gasteiger partial charge in [-0.25, -0.2) is 0 Å². The van der Waals surface area contributed by atoms with Gasteiger partial charge in [0, 0.05) is 5.56 Å². The van der Waals surface area contributed by atoms with Crippen molar-refractivity contribution in [2.75, 3.05) is 0 Å². The third-order valence-electron chi connectivity index (χ3n) is 3.28. The molecular weight excluding hydrogens is 264 g/mol. The summed E-state index contributed by atoms with van der Waals surface area (Å²) in [6.45, 7) is 0. The molecular formula is C18H18O3. The van der Waals surface area contributed by atoms with Gasteiger partial charge in [-0.3, -0.25) is 4.79 Å². The Morgan fingerprint density at radius 2 is 1.81 bits per heavy atom. The first-order valence-corrected chi connectivity index (χ1v) is 6.90. The van der Waals surface area contributed by atoms with Crippen LogP contribution in [0, 0.1) is 0 Å². The van der Waals surface area contributed by atoms with Gasteiger partial charge in [-0.2, -0.15) is 0 Å². The Bertz CT molecular complexity index is 630. The van der Waals surface area contributed by atoms with Crippen LogP contribution >= 0.6 is 0 Å². The average Bonchev–Trinajstić information content (AvgIpc) is 2.51. The van der Waals surface area contributed by atoms with E-state index in [1.807, 2.05) is 18.2 Å². The van der Waals surface area contributed by atoms with Gasteiger partial charge < -0.3 is 10.2 Å². The summed E-state index contributed by atoms with van der Waals surface area (Å²) in [4.78, 5) is 11.1. The normalized spacial score (nSPS) is 11.3. The van der Waals surface area contributed by atoms with Gasteiger partial charge in [0.05, 0.1) is 0 Å². The summed E-state index contributed by atoms with van der Waals surface area (Å²) in [5, 5.41) is 19.1. The molecule has 0 heterocycles. The average molecular weight is 282 g/mol. The Morgan fingerprint density at radius 3 is 2.52 bits per heavy atom. The SMILES string of the molecule is O=C/C(=C\c1cc(O)ccc1O)CCCc1ccccc1. The fourth-order valence-corrected chi connectivity index (χ4v) is 2.16. The van der Waals surface area contributed by atoms with Crippen molar-refractivity contribution in [2.45, 2.75) is 19.3 Å². The molecule has 0 aromatic heterocycles. The fourth-order valence-electron chi connectivity index (χ4n) is 2.16. The quantitative estimate of drug-likeness (QED) is 0.482. The van der Waals surface area contributed by atoms with E-state index in [1.165, 1.54) is 23.8 Å². The minimum absolute atomic E-state index is 0.0511. The van der Waals surface area contributed by atoms with Crippen molar-refractivity contribution in [3.63, 3.8) is 0 Å². The van der Waals surface area contributed by atoms with Gasteiger partial charge in [0.1, 0.15) is 17.8 Å². The third-order valence-corrected chi connectivity index (χ3v) is 3.28. The summed E-state index contributed by atoms with van der Waals surface area (Å²) in [5.41, 5.74) is 2.30. The van der Waals surface area contributed by atoms with Crippen molar-refractivity contribution < 1.29 is 15.0 Å². The molecule has 2 N–H and O–H groups in total. The van der Waals surface area contributed by atoms with Gasteiger partial charge in [0.2, 0.25) is 0 Å². The van der Waals surface area contributed by atoms with Crippen molar-refractivity contribution in [2.24, 2.45) is 0 Å². The topological polar surface area (TPSA) is 57.5 Å². The lowest BCUT2D eigenvalue weighted by molar-refractivity contribution is -0.105. The highest BCUT2D eigenvalue weighted by Gasteiger charge is 2.03. The zero-order chi connectivity index (χ0) is 15.1. The molecule has 0 spiro atoms. The second-order valence-corrected chi connectivity index (χ2v) is 4.92. The largest absolute Gasteiger partial charge is 0.508 e. The van der Waals surface area contributed by atoms with Gasteiger partial charge in [-0.15, -0.1) is 0 Å². The van der Waals surface area contributed by atoms with E-state index in [2.05, 4.69) is 12.1 Å². The Balaban J connectivity index is 2.01. The molecule has 3 nitrogen and oxygen atoms in total. The number of aldehydes is 1. The third kappa shape index (κ3) is 4.49. The summed E-state index contributed by atoms with van der Waals surface area (Å²) in [6, 6.07) is 14.3. The predicted octanol–water partition coefficient (Wildman–Crippen LogP) is 3.70. The van der Waals surface area contributed by atoms with Crippen LogP contribution in [-0.4, -0.2) is 16.5 Å². The Kier molecular flexibility index (Phi) is 5.16. The Labute approximate surface area is 124 Å². The predicted molar refractivity (Wildman–Crippen MR) is 83.2 cm³/mol. The summed E-state index contributed by atoms with van der Waals surface area (Å²) >= 11 is 0. The number of phenolic OH excluding ortho intramolecular Hbond substituents is 2. The van der Waals surface area contributed by atoms with E-state index < -0.39 is 0 Å². The van der Waals surface area contributed by atoms with Crippen molar-refractivity contribution in [1.29, 1.82) is 0 Å². The summed E-state index contributed by atoms with van der Waals surface area (Å²) in [7, 11) is 0. The molecule has 0 radical (unpaired) electrons. The number of aryl methyl sites for hydroxylation is 1. The second-order valence-electron chi connectivity index (χ2n) is 4.92. The standard InChI is InChI=1S/C18H18O3/c19-13-15(8-4-7-14-5-2-1-3-6-14)11-16-12-17(20)9-10-18(16)21/h1-3,5-6,9-13,20-21H,4,7-8H2/b15-11-. The number of hydrogen-bond acceptors (Lipinski definition) is 3. The maximum atomic E-state index is 11.1. The van der Waals surface area contributed by atoms with Crippen LogP contribution in [0.25, 0.3) is 6.08 Å². The second kappa shape index (κ2) is 7.29. The van der Waals surface area contributed by atoms with Gasteiger partial charge in [0.25, 0.3) is 0 Å². The van der Waals surface area contributed by atoms with E-state index in [4.69, 9.17) is 0 Å². The summed E-state index contributed by atoms with van der Waals surface area (Å²) < 4.78 is 0. The monoisotopic (exact) mass is 282 g/mol. The molecule has 0 aliphatic carbocycles. The number of hydrogen-bond donors (Lipinski definition) is 2. The van der Waals surface area contributed by atoms with E-state index in [-0.39, 0.29) is 11.5 Å². The molecule has 0 aliphatic heterocycles. The number of aromatic hydroxyl groups is 2. The highest BCUT2D eigenvalue weighted by atomic mass is 16.3. The van der Waals surface area contributed by atoms with Crippen LogP contribution in [0.5, 0.6) is 11.5 Å². The zero-order valence-corrected chi connectivity index (χ0v) is 11.7. The molecule has 108 valence electrons. The van der Waals surface area contributed by atoms with E-state index in [9.17, 15) is 15.0 Å². The van der Waals surface area contributed by atoms with Crippen LogP contribution in [-0.2, 0) is 11.2 Å². The summed E-state index contributed by atoms with van der Waals surface area (Å²) in [6.07, 6.45) is 4.81. The highest BCUT2D eigenvalue weighted by Crippen LogP contribution is 2.25. The zero-order valence-electron chi connectivity index (χ0n) is 11.7. The molecule has 0 unspecified atom stereocenters. The molecule has 2 aromatic rings. The van der Waals surface area contributed by atoms with Crippen LogP contribution in [0.3, 0.4) is 0 Å². The van der Waals surface area contributed by atoms with E-state index in [1.54, 1.807) is 6.08 Å². The van der Waals surface area contributed by atoms with Crippen LogP contribution in [0.4, 0.5) is 0 Å². The number of allylic oxidation sites excluding steroid dienone is 1. The van der Waals surface area contributed by atoms with Crippen molar-refractivity contribution in [3.8, 4) is 11.5 Å². The molecule has 0 saturated carbocycles. The molecule has 2 aromatic carbocycles. The molecule has 0 aliphatic rings. The molecule has 0 amide bonds. The number of benzene rings is 2. The molecule has 21 heavy (non-hydrogen) atoms. The summed E-state index contributed by atoms with van der Waals surface area (Å²) in [5.74, 6) is 0.115. The first-order chi connectivity index (χ1) is 10.2. The lowest BCUT2D eigenvalue weighted by atomic mass is 10.0. The van der Waals surface area contributed by atoms with Crippen molar-refractivity contribution in [1.82, 2.24) is 0 Å². The fraction of sp³-hybridized carbons (Fsp3) is 0.167. The first-order valence-electron chi connectivity index (χ1n) is 6.90. The van der Waals surface area contributed by atoms with Crippen molar-refractivity contribution in [3.05, 3.63) is 65.2 Å². The minimum Gasteiger partial charge on any atom is -0.508 e. The first kappa shape index (κ1) is 14.9. The van der Waals surface area contributed by atoms with Crippen LogP contribution < -0.4 is 0 Å². The molecule has 3 heteroatoms. The van der Waals surface area contributed by atoms with E-state index in [0.717, 1.165) is 19.1 Å². The van der Waals surface area contributed by atoms with Crippen LogP contribution in [0.15, 0.2) is 54.1 Å². The van der Waals surface area contributed by atoms with E-state index >= 15 is 0 Å². The number of carbonyl (C=O) groups excluding carboxylic acids is 1. The smallest absolute Gasteiger partial charge is 0.146 e. The lowest BCUT2D eigenvalue weighted by Gasteiger charge is -2.04. The Morgan fingerprint density at radius 1 is 1.05 bits per heavy atom. The van der Waals surface area contributed by atoms with Gasteiger partial charge >= 0.3 is 0 Å². The van der Waals surface area contributed by atoms with Gasteiger partial charge in [0.15, 0.2) is 0 Å². The molecule has 0 fully saturated rings. The van der Waals surface area contributed by atoms with Crippen molar-refractivity contribution >= 4 is 12.4 Å². The van der Waals surface area contributed by atoms with E-state index in [0.29, 0.717) is 17.6 Å². The van der Waals surface area contributed by atoms with Crippen LogP contribution in [0.1, 0.15) is 24.0 Å². The molecule has 2 rings (SSSR count). The molecule has 0 bridgehead atoms.